The minimum Gasteiger partial charge on any atom is -0.493 e. The number of aryl methyl sites for hydroxylation is 1. The first-order valence-electron chi connectivity index (χ1n) is 12.8. The van der Waals surface area contributed by atoms with Crippen molar-refractivity contribution in [2.75, 3.05) is 40.4 Å². The maximum atomic E-state index is 6.05. The van der Waals surface area contributed by atoms with Gasteiger partial charge in [0.25, 0.3) is 0 Å². The van der Waals surface area contributed by atoms with E-state index in [-0.39, 0.29) is 0 Å². The smallest absolute Gasteiger partial charge is 0.226 e. The van der Waals surface area contributed by atoms with Crippen LogP contribution in [0.1, 0.15) is 43.6 Å². The molecule has 6 nitrogen and oxygen atoms in total. The molecule has 4 bridgehead atoms. The van der Waals surface area contributed by atoms with Crippen molar-refractivity contribution in [1.29, 1.82) is 0 Å². The highest BCUT2D eigenvalue weighted by Gasteiger charge is 2.50. The van der Waals surface area contributed by atoms with Crippen LogP contribution in [0, 0.1) is 30.6 Å². The average molecular weight is 452 g/mol. The summed E-state index contributed by atoms with van der Waals surface area (Å²) in [6.07, 6.45) is 7.57. The van der Waals surface area contributed by atoms with Crippen molar-refractivity contribution >= 4 is 0 Å². The molecular formula is C27H37N3O3. The molecule has 0 radical (unpaired) electrons. The van der Waals surface area contributed by atoms with Crippen LogP contribution in [0.15, 0.2) is 22.6 Å². The fourth-order valence-electron chi connectivity index (χ4n) is 7.59. The Kier molecular flexibility index (Phi) is 5.61. The summed E-state index contributed by atoms with van der Waals surface area (Å²) >= 11 is 0. The minimum absolute atomic E-state index is 0.649. The number of ether oxygens (including phenoxy) is 2. The summed E-state index contributed by atoms with van der Waals surface area (Å²) in [5.74, 6) is 7.03. The van der Waals surface area contributed by atoms with Gasteiger partial charge in [0.1, 0.15) is 5.76 Å². The van der Waals surface area contributed by atoms with Gasteiger partial charge in [-0.05, 0) is 80.9 Å². The van der Waals surface area contributed by atoms with Crippen LogP contribution in [0.5, 0.6) is 11.5 Å². The highest BCUT2D eigenvalue weighted by atomic mass is 16.5. The Bertz CT molecular complexity index is 966. The van der Waals surface area contributed by atoms with Gasteiger partial charge >= 0.3 is 0 Å². The third-order valence-corrected chi connectivity index (χ3v) is 8.90. The summed E-state index contributed by atoms with van der Waals surface area (Å²) in [7, 11) is 3.30. The Morgan fingerprint density at radius 3 is 2.21 bits per heavy atom. The molecule has 6 heteroatoms. The Balaban J connectivity index is 1.09. The van der Waals surface area contributed by atoms with Crippen LogP contribution in [0.25, 0.3) is 11.5 Å². The van der Waals surface area contributed by atoms with Crippen LogP contribution >= 0.6 is 0 Å². The van der Waals surface area contributed by atoms with Gasteiger partial charge in [-0.1, -0.05) is 0 Å². The van der Waals surface area contributed by atoms with Gasteiger partial charge in [0, 0.05) is 44.3 Å². The first-order chi connectivity index (χ1) is 16.1. The van der Waals surface area contributed by atoms with Gasteiger partial charge in [-0.15, -0.1) is 0 Å². The minimum atomic E-state index is 0.649. The first-order valence-corrected chi connectivity index (χ1v) is 12.8. The lowest BCUT2D eigenvalue weighted by Crippen LogP contribution is -2.60. The Morgan fingerprint density at radius 2 is 1.58 bits per heavy atom. The van der Waals surface area contributed by atoms with Crippen LogP contribution < -0.4 is 9.47 Å². The van der Waals surface area contributed by atoms with Crippen molar-refractivity contribution in [3.63, 3.8) is 0 Å². The predicted octanol–water partition coefficient (Wildman–Crippen LogP) is 4.61. The molecule has 2 heterocycles. The van der Waals surface area contributed by atoms with E-state index in [1.165, 1.54) is 45.2 Å². The van der Waals surface area contributed by atoms with E-state index in [0.29, 0.717) is 17.4 Å². The largest absolute Gasteiger partial charge is 0.493 e. The highest BCUT2D eigenvalue weighted by molar-refractivity contribution is 5.60. The van der Waals surface area contributed by atoms with Crippen molar-refractivity contribution < 1.29 is 13.9 Å². The second-order valence-corrected chi connectivity index (χ2v) is 10.8. The molecule has 178 valence electrons. The third kappa shape index (κ3) is 3.95. The van der Waals surface area contributed by atoms with Gasteiger partial charge in [0.15, 0.2) is 11.5 Å². The zero-order valence-electron chi connectivity index (χ0n) is 20.3. The number of benzene rings is 1. The Labute approximate surface area is 197 Å². The molecule has 4 saturated carbocycles. The second-order valence-electron chi connectivity index (χ2n) is 10.8. The molecule has 0 amide bonds. The van der Waals surface area contributed by atoms with Crippen LogP contribution in [-0.4, -0.2) is 61.2 Å². The number of nitrogens with zero attached hydrogens (tertiary/aromatic N) is 3. The molecule has 0 atom stereocenters. The molecule has 4 aliphatic carbocycles. The molecule has 1 saturated heterocycles. The molecule has 1 aromatic carbocycles. The molecule has 5 aliphatic rings. The summed E-state index contributed by atoms with van der Waals surface area (Å²) in [4.78, 5) is 10.3. The Hall–Kier alpha value is -2.05. The molecule has 2 aromatic rings. The molecule has 0 spiro atoms. The van der Waals surface area contributed by atoms with Gasteiger partial charge in [0.05, 0.1) is 19.9 Å². The summed E-state index contributed by atoms with van der Waals surface area (Å²) in [5, 5.41) is 0. The summed E-state index contributed by atoms with van der Waals surface area (Å²) < 4.78 is 16.9. The van der Waals surface area contributed by atoms with Crippen LogP contribution in [0.4, 0.5) is 0 Å². The van der Waals surface area contributed by atoms with Crippen molar-refractivity contribution in [1.82, 2.24) is 14.8 Å². The summed E-state index contributed by atoms with van der Waals surface area (Å²) in [6, 6.07) is 6.67. The molecule has 1 aromatic heterocycles. The maximum Gasteiger partial charge on any atom is 0.226 e. The van der Waals surface area contributed by atoms with E-state index in [4.69, 9.17) is 18.9 Å². The molecule has 5 fully saturated rings. The van der Waals surface area contributed by atoms with Crippen molar-refractivity contribution in [2.24, 2.45) is 23.7 Å². The number of hydrogen-bond acceptors (Lipinski definition) is 6. The van der Waals surface area contributed by atoms with Gasteiger partial charge in [-0.2, -0.15) is 0 Å². The summed E-state index contributed by atoms with van der Waals surface area (Å²) in [5.41, 5.74) is 1.96. The molecule has 7 rings (SSSR count). The van der Waals surface area contributed by atoms with Crippen LogP contribution in [-0.2, 0) is 6.54 Å². The standard InChI is InChI=1S/C27H37N3O3/c1-17-23(28-27(33-17)20-4-5-24(31-2)25(15-20)32-3)16-29-6-8-30(9-7-29)26-21-11-18-10-19(13-21)14-22(26)12-18/h4-5,15,18-19,21-22,26H,6-14,16H2,1-3H3. The number of methoxy groups -OCH3 is 2. The topological polar surface area (TPSA) is 51.0 Å². The summed E-state index contributed by atoms with van der Waals surface area (Å²) in [6.45, 7) is 7.54. The monoisotopic (exact) mass is 451 g/mol. The second kappa shape index (κ2) is 8.62. The highest BCUT2D eigenvalue weighted by Crippen LogP contribution is 2.55. The van der Waals surface area contributed by atoms with Gasteiger partial charge in [-0.3, -0.25) is 9.80 Å². The van der Waals surface area contributed by atoms with E-state index in [9.17, 15) is 0 Å². The third-order valence-electron chi connectivity index (χ3n) is 8.90. The van der Waals surface area contributed by atoms with Gasteiger partial charge < -0.3 is 13.9 Å². The lowest BCUT2D eigenvalue weighted by Gasteiger charge is -2.58. The zero-order chi connectivity index (χ0) is 22.5. The van der Waals surface area contributed by atoms with Crippen LogP contribution in [0.2, 0.25) is 0 Å². The molecule has 33 heavy (non-hydrogen) atoms. The first kappa shape index (κ1) is 21.5. The van der Waals surface area contributed by atoms with Crippen molar-refractivity contribution in [2.45, 2.75) is 51.6 Å². The quantitative estimate of drug-likeness (QED) is 0.639. The van der Waals surface area contributed by atoms with E-state index in [1.54, 1.807) is 14.2 Å². The fourth-order valence-corrected chi connectivity index (χ4v) is 7.59. The number of piperazine rings is 1. The normalized spacial score (nSPS) is 31.8. The predicted molar refractivity (Wildman–Crippen MR) is 127 cm³/mol. The van der Waals surface area contributed by atoms with E-state index in [2.05, 4.69) is 9.80 Å². The molecule has 1 aliphatic heterocycles. The fraction of sp³-hybridized carbons (Fsp3) is 0.667. The number of hydrogen-bond donors (Lipinski definition) is 0. The van der Waals surface area contributed by atoms with Crippen LogP contribution in [0.3, 0.4) is 0 Å². The van der Waals surface area contributed by atoms with E-state index in [0.717, 1.165) is 66.4 Å². The van der Waals surface area contributed by atoms with Gasteiger partial charge in [0.2, 0.25) is 5.89 Å². The zero-order valence-corrected chi connectivity index (χ0v) is 20.3. The SMILES string of the molecule is COc1ccc(-c2nc(CN3CCN(C4C5CC6CC(C5)CC4C6)CC3)c(C)o2)cc1OC. The molecular weight excluding hydrogens is 414 g/mol. The average Bonchev–Trinajstić information content (AvgIpc) is 3.19. The lowest BCUT2D eigenvalue weighted by atomic mass is 9.54. The number of aromatic nitrogens is 1. The van der Waals surface area contributed by atoms with E-state index >= 15 is 0 Å². The number of rotatable bonds is 6. The van der Waals surface area contributed by atoms with E-state index < -0.39 is 0 Å². The molecule has 0 unspecified atom stereocenters. The lowest BCUT2D eigenvalue weighted by molar-refractivity contribution is -0.0769. The Morgan fingerprint density at radius 1 is 0.909 bits per heavy atom. The van der Waals surface area contributed by atoms with Crippen molar-refractivity contribution in [3.05, 3.63) is 29.7 Å². The molecule has 0 N–H and O–H groups in total. The number of oxazole rings is 1. The maximum absolute atomic E-state index is 6.05. The van der Waals surface area contributed by atoms with Crippen molar-refractivity contribution in [3.8, 4) is 23.0 Å². The van der Waals surface area contributed by atoms with Gasteiger partial charge in [-0.25, -0.2) is 4.98 Å². The van der Waals surface area contributed by atoms with E-state index in [1.807, 2.05) is 25.1 Å².